The Labute approximate surface area is 156 Å². The third-order valence-electron chi connectivity index (χ3n) is 3.25. The number of halogens is 6. The highest BCUT2D eigenvalue weighted by Gasteiger charge is 2.27. The monoisotopic (exact) mass is 413 g/mol. The summed E-state index contributed by atoms with van der Waals surface area (Å²) in [7, 11) is 1.62. The highest BCUT2D eigenvalue weighted by atomic mass is 32.2. The Morgan fingerprint density at radius 3 is 1.15 bits per heavy atom. The van der Waals surface area contributed by atoms with Crippen LogP contribution in [-0.4, -0.2) is 7.11 Å². The molecule has 3 aromatic rings. The number of benzene rings is 3. The van der Waals surface area contributed by atoms with Gasteiger partial charge in [0.25, 0.3) is 0 Å². The first-order valence-corrected chi connectivity index (χ1v) is 8.09. The molecule has 3 aromatic carbocycles. The van der Waals surface area contributed by atoms with E-state index < -0.39 is 0 Å². The second-order valence-electron chi connectivity index (χ2n) is 4.61. The molecule has 0 aliphatic heterocycles. The molecule has 27 heavy (non-hydrogen) atoms. The minimum Gasteiger partial charge on any atom is -0.497 e. The van der Waals surface area contributed by atoms with Crippen LogP contribution in [0.5, 0.6) is 5.75 Å². The van der Waals surface area contributed by atoms with Crippen LogP contribution in [0.25, 0.3) is 0 Å². The lowest BCUT2D eigenvalue weighted by molar-refractivity contribution is 0.414. The van der Waals surface area contributed by atoms with E-state index in [1.54, 1.807) is 7.11 Å². The molecule has 0 unspecified atom stereocenters. The maximum Gasteiger partial charge on any atom is 0.166 e. The molecule has 0 amide bonds. The van der Waals surface area contributed by atoms with Gasteiger partial charge in [-0.25, -0.2) is 0 Å². The summed E-state index contributed by atoms with van der Waals surface area (Å²) in [6, 6.07) is 29.7. The van der Waals surface area contributed by atoms with Gasteiger partial charge in [0.15, 0.2) is 14.7 Å². The highest BCUT2D eigenvalue weighted by Crippen LogP contribution is 2.31. The fraction of sp³-hybridized carbons (Fsp3) is 0.0526. The summed E-state index contributed by atoms with van der Waals surface area (Å²) in [6.45, 7) is 0. The standard InChI is InChI=1S/C19H17OS.6FH/c1-20-16-12-14-19(15-13-16)21(17-8-4-2-5-9-17)18-10-6-3-7-11-18;;;;;;/h2-15H,1H3;6*1H/q+1;;;;;;. The fourth-order valence-electron chi connectivity index (χ4n) is 2.23. The van der Waals surface area contributed by atoms with Crippen molar-refractivity contribution in [3.05, 3.63) is 84.9 Å². The average Bonchev–Trinajstić information content (AvgIpc) is 2.58. The van der Waals surface area contributed by atoms with Gasteiger partial charge >= 0.3 is 0 Å². The highest BCUT2D eigenvalue weighted by molar-refractivity contribution is 7.97. The topological polar surface area (TPSA) is 9.23 Å². The number of methoxy groups -OCH3 is 1. The molecule has 0 aliphatic rings. The van der Waals surface area contributed by atoms with Gasteiger partial charge in [0, 0.05) is 0 Å². The Bertz CT molecular complexity index is 659. The van der Waals surface area contributed by atoms with E-state index >= 15 is 0 Å². The van der Waals surface area contributed by atoms with E-state index in [0.29, 0.717) is 0 Å². The van der Waals surface area contributed by atoms with Crippen LogP contribution in [0.15, 0.2) is 99.6 Å². The van der Waals surface area contributed by atoms with Crippen molar-refractivity contribution in [2.24, 2.45) is 0 Å². The van der Waals surface area contributed by atoms with Gasteiger partial charge in [-0.3, -0.25) is 28.2 Å². The van der Waals surface area contributed by atoms with Crippen LogP contribution in [0, 0.1) is 0 Å². The van der Waals surface area contributed by atoms with Crippen LogP contribution in [0.2, 0.25) is 0 Å². The number of rotatable bonds is 4. The van der Waals surface area contributed by atoms with Crippen molar-refractivity contribution >= 4 is 10.9 Å². The molecule has 0 saturated heterocycles. The van der Waals surface area contributed by atoms with E-state index in [1.165, 1.54) is 14.7 Å². The minimum atomic E-state index is -0.0804. The van der Waals surface area contributed by atoms with Crippen molar-refractivity contribution in [1.29, 1.82) is 0 Å². The molecule has 3 rings (SSSR count). The van der Waals surface area contributed by atoms with Gasteiger partial charge in [0.2, 0.25) is 0 Å². The number of hydrogen-bond acceptors (Lipinski definition) is 1. The van der Waals surface area contributed by atoms with Crippen molar-refractivity contribution in [1.82, 2.24) is 0 Å². The molecule has 0 saturated carbocycles. The molecule has 0 heterocycles. The van der Waals surface area contributed by atoms with Crippen molar-refractivity contribution < 1.29 is 33.0 Å². The SMILES string of the molecule is COc1ccc([S+](c2ccccc2)c2ccccc2)cc1.F.F.F.F.F.F. The zero-order valence-corrected chi connectivity index (χ0v) is 15.2. The normalized spacial score (nSPS) is 8.22. The van der Waals surface area contributed by atoms with Crippen LogP contribution < -0.4 is 4.74 Å². The molecule has 8 heteroatoms. The molecule has 0 spiro atoms. The molecule has 0 bridgehead atoms. The first-order valence-electron chi connectivity index (χ1n) is 6.87. The second-order valence-corrected chi connectivity index (χ2v) is 6.63. The third kappa shape index (κ3) is 7.65. The predicted octanol–water partition coefficient (Wildman–Crippen LogP) is 5.71. The summed E-state index contributed by atoms with van der Waals surface area (Å²) in [5.41, 5.74) is 0. The second kappa shape index (κ2) is 15.6. The smallest absolute Gasteiger partial charge is 0.166 e. The molecular formula is C19H23F6OS+. The quantitative estimate of drug-likeness (QED) is 0.394. The lowest BCUT2D eigenvalue weighted by Gasteiger charge is -2.08. The van der Waals surface area contributed by atoms with Gasteiger partial charge in [0.05, 0.1) is 18.0 Å². The van der Waals surface area contributed by atoms with Gasteiger partial charge < -0.3 is 4.74 Å². The van der Waals surface area contributed by atoms with E-state index in [-0.39, 0.29) is 39.1 Å². The number of ether oxygens (including phenoxy) is 1. The molecular weight excluding hydrogens is 390 g/mol. The summed E-state index contributed by atoms with van der Waals surface area (Å²) < 4.78 is 5.26. The van der Waals surface area contributed by atoms with Crippen LogP contribution in [0.4, 0.5) is 28.2 Å². The Balaban J connectivity index is -0.000000441. The van der Waals surface area contributed by atoms with Gasteiger partial charge in [0.1, 0.15) is 5.75 Å². The summed E-state index contributed by atoms with van der Waals surface area (Å²) >= 11 is 0. The molecule has 152 valence electrons. The zero-order valence-electron chi connectivity index (χ0n) is 14.3. The van der Waals surface area contributed by atoms with Crippen molar-refractivity contribution in [2.45, 2.75) is 14.7 Å². The first kappa shape index (κ1) is 32.1. The molecule has 0 aliphatic carbocycles. The van der Waals surface area contributed by atoms with Crippen molar-refractivity contribution in [2.75, 3.05) is 7.11 Å². The largest absolute Gasteiger partial charge is 0.497 e. The Hall–Kier alpha value is -2.61. The minimum absolute atomic E-state index is 0. The van der Waals surface area contributed by atoms with E-state index in [0.717, 1.165) is 5.75 Å². The number of hydrogen-bond donors (Lipinski definition) is 0. The van der Waals surface area contributed by atoms with Gasteiger partial charge in [-0.15, -0.1) is 0 Å². The maximum atomic E-state index is 5.26. The molecule has 0 fully saturated rings. The Morgan fingerprint density at radius 1 is 0.481 bits per heavy atom. The zero-order chi connectivity index (χ0) is 14.5. The van der Waals surface area contributed by atoms with E-state index in [2.05, 4.69) is 72.8 Å². The molecule has 0 atom stereocenters. The van der Waals surface area contributed by atoms with Crippen molar-refractivity contribution in [3.63, 3.8) is 0 Å². The Kier molecular flexibility index (Phi) is 18.6. The Morgan fingerprint density at radius 2 is 0.815 bits per heavy atom. The summed E-state index contributed by atoms with van der Waals surface area (Å²) in [5, 5.41) is 0. The van der Waals surface area contributed by atoms with E-state index in [9.17, 15) is 0 Å². The molecule has 0 radical (unpaired) electrons. The third-order valence-corrected chi connectivity index (χ3v) is 5.48. The van der Waals surface area contributed by atoms with Gasteiger partial charge in [-0.2, -0.15) is 0 Å². The lowest BCUT2D eigenvalue weighted by atomic mass is 10.3. The van der Waals surface area contributed by atoms with Crippen molar-refractivity contribution in [3.8, 4) is 5.75 Å². The van der Waals surface area contributed by atoms with Crippen LogP contribution in [0.3, 0.4) is 0 Å². The van der Waals surface area contributed by atoms with E-state index in [4.69, 9.17) is 4.74 Å². The summed E-state index contributed by atoms with van der Waals surface area (Å²) in [4.78, 5) is 3.95. The molecule has 0 aromatic heterocycles. The van der Waals surface area contributed by atoms with Gasteiger partial charge in [-0.05, 0) is 48.5 Å². The average molecular weight is 413 g/mol. The molecule has 1 nitrogen and oxygen atoms in total. The van der Waals surface area contributed by atoms with E-state index in [1.807, 2.05) is 12.1 Å². The summed E-state index contributed by atoms with van der Waals surface area (Å²) in [6.07, 6.45) is 0. The van der Waals surface area contributed by atoms with Crippen LogP contribution in [0.1, 0.15) is 0 Å². The predicted molar refractivity (Wildman–Crippen MR) is 103 cm³/mol. The lowest BCUT2D eigenvalue weighted by Crippen LogP contribution is -2.04. The first-order chi connectivity index (χ1) is 10.4. The molecule has 0 N–H and O–H groups in total. The summed E-state index contributed by atoms with van der Waals surface area (Å²) in [5.74, 6) is 0.892. The fourth-order valence-corrected chi connectivity index (χ4v) is 4.32. The maximum absolute atomic E-state index is 5.26. The van der Waals surface area contributed by atoms with Crippen LogP contribution in [-0.2, 0) is 10.9 Å². The van der Waals surface area contributed by atoms with Gasteiger partial charge in [-0.1, -0.05) is 36.4 Å². The van der Waals surface area contributed by atoms with Crippen LogP contribution >= 0.6 is 0 Å².